The molecule has 1 heterocycles. The molecule has 0 saturated carbocycles. The summed E-state index contributed by atoms with van der Waals surface area (Å²) in [5.74, 6) is -0.778. The highest BCUT2D eigenvalue weighted by molar-refractivity contribution is 6.09. The first-order valence-corrected chi connectivity index (χ1v) is 6.57. The summed E-state index contributed by atoms with van der Waals surface area (Å²) in [5.41, 5.74) is 1.90. The van der Waals surface area contributed by atoms with Gasteiger partial charge >= 0.3 is 0 Å². The summed E-state index contributed by atoms with van der Waals surface area (Å²) in [6, 6.07) is 12.7. The van der Waals surface area contributed by atoms with Crippen molar-refractivity contribution >= 4 is 23.1 Å². The van der Waals surface area contributed by atoms with Crippen molar-refractivity contribution in [2.24, 2.45) is 0 Å². The molecule has 0 radical (unpaired) electrons. The molecule has 0 aromatic heterocycles. The number of nitrogens with zero attached hydrogens (tertiary/aromatic N) is 1. The molecule has 1 aliphatic rings. The minimum Gasteiger partial charge on any atom is -0.374 e. The quantitative estimate of drug-likeness (QED) is 0.881. The average molecular weight is 284 g/mol. The SMILES string of the molecule is O=C(CN1C(=O)CNc2ccccc21)c1ccc(F)cc1. The zero-order valence-corrected chi connectivity index (χ0v) is 11.2. The van der Waals surface area contributed by atoms with E-state index in [9.17, 15) is 14.0 Å². The van der Waals surface area contributed by atoms with Gasteiger partial charge in [-0.1, -0.05) is 12.1 Å². The lowest BCUT2D eigenvalue weighted by molar-refractivity contribution is -0.117. The van der Waals surface area contributed by atoms with Gasteiger partial charge in [-0.3, -0.25) is 9.59 Å². The molecule has 0 aliphatic carbocycles. The Kier molecular flexibility index (Phi) is 3.39. The third-order valence-corrected chi connectivity index (χ3v) is 3.39. The summed E-state index contributed by atoms with van der Waals surface area (Å²) in [6.45, 7) is 0.108. The van der Waals surface area contributed by atoms with E-state index in [2.05, 4.69) is 5.32 Å². The first-order valence-electron chi connectivity index (χ1n) is 6.57. The molecule has 21 heavy (non-hydrogen) atoms. The van der Waals surface area contributed by atoms with Gasteiger partial charge in [0.05, 0.1) is 24.5 Å². The van der Waals surface area contributed by atoms with Gasteiger partial charge in [-0.05, 0) is 36.4 Å². The molecule has 0 fully saturated rings. The number of hydrogen-bond acceptors (Lipinski definition) is 3. The number of anilines is 2. The van der Waals surface area contributed by atoms with Crippen molar-refractivity contribution in [3.05, 3.63) is 59.9 Å². The largest absolute Gasteiger partial charge is 0.374 e. The molecular weight excluding hydrogens is 271 g/mol. The Balaban J connectivity index is 1.85. The van der Waals surface area contributed by atoms with Crippen molar-refractivity contribution in [1.82, 2.24) is 0 Å². The molecule has 2 aromatic rings. The Morgan fingerprint density at radius 2 is 1.86 bits per heavy atom. The second-order valence-electron chi connectivity index (χ2n) is 4.78. The highest BCUT2D eigenvalue weighted by Gasteiger charge is 2.25. The Bertz CT molecular complexity index is 698. The van der Waals surface area contributed by atoms with Crippen LogP contribution in [-0.4, -0.2) is 24.8 Å². The fraction of sp³-hybridized carbons (Fsp3) is 0.125. The first-order chi connectivity index (χ1) is 10.1. The molecule has 0 saturated heterocycles. The monoisotopic (exact) mass is 284 g/mol. The second kappa shape index (κ2) is 5.36. The Morgan fingerprint density at radius 3 is 2.62 bits per heavy atom. The van der Waals surface area contributed by atoms with Crippen molar-refractivity contribution < 1.29 is 14.0 Å². The van der Waals surface area contributed by atoms with E-state index in [1.54, 1.807) is 6.07 Å². The van der Waals surface area contributed by atoms with Crippen molar-refractivity contribution in [2.45, 2.75) is 0 Å². The maximum atomic E-state index is 12.9. The lowest BCUT2D eigenvalue weighted by Crippen LogP contribution is -2.42. The molecule has 0 atom stereocenters. The van der Waals surface area contributed by atoms with Crippen LogP contribution in [0.5, 0.6) is 0 Å². The molecule has 1 amide bonds. The van der Waals surface area contributed by atoms with Gasteiger partial charge in [0.25, 0.3) is 0 Å². The summed E-state index contributed by atoms with van der Waals surface area (Å²) < 4.78 is 12.9. The number of amides is 1. The summed E-state index contributed by atoms with van der Waals surface area (Å²) in [5, 5.41) is 3.01. The summed E-state index contributed by atoms with van der Waals surface area (Å²) in [4.78, 5) is 25.7. The number of halogens is 1. The minimum absolute atomic E-state index is 0.0524. The van der Waals surface area contributed by atoms with Gasteiger partial charge in [-0.2, -0.15) is 0 Å². The normalized spacial score (nSPS) is 13.6. The molecule has 1 aliphatic heterocycles. The molecule has 1 N–H and O–H groups in total. The second-order valence-corrected chi connectivity index (χ2v) is 4.78. The fourth-order valence-corrected chi connectivity index (χ4v) is 2.30. The van der Waals surface area contributed by atoms with E-state index in [1.807, 2.05) is 18.2 Å². The van der Waals surface area contributed by atoms with Gasteiger partial charge in [0.2, 0.25) is 5.91 Å². The Labute approximate surface area is 121 Å². The summed E-state index contributed by atoms with van der Waals surface area (Å²) in [7, 11) is 0. The van der Waals surface area contributed by atoms with E-state index in [0.717, 1.165) is 5.69 Å². The van der Waals surface area contributed by atoms with Crippen LogP contribution in [-0.2, 0) is 4.79 Å². The van der Waals surface area contributed by atoms with Crippen molar-refractivity contribution in [2.75, 3.05) is 23.3 Å². The minimum atomic E-state index is -0.393. The first kappa shape index (κ1) is 13.3. The number of nitrogens with one attached hydrogen (secondary N) is 1. The molecular formula is C16H13FN2O2. The van der Waals surface area contributed by atoms with Gasteiger partial charge in [0.1, 0.15) is 5.82 Å². The predicted molar refractivity (Wildman–Crippen MR) is 78.0 cm³/mol. The van der Waals surface area contributed by atoms with E-state index in [-0.39, 0.29) is 24.8 Å². The standard InChI is InChI=1S/C16H13FN2O2/c17-12-7-5-11(6-8-12)15(20)10-19-14-4-2-1-3-13(14)18-9-16(19)21/h1-8,18H,9-10H2. The number of carbonyl (C=O) groups excluding carboxylic acids is 2. The van der Waals surface area contributed by atoms with Crippen LogP contribution in [0.3, 0.4) is 0 Å². The van der Waals surface area contributed by atoms with Crippen LogP contribution in [0.1, 0.15) is 10.4 Å². The van der Waals surface area contributed by atoms with Gasteiger partial charge in [-0.25, -0.2) is 4.39 Å². The predicted octanol–water partition coefficient (Wildman–Crippen LogP) is 2.47. The number of para-hydroxylation sites is 2. The molecule has 4 nitrogen and oxygen atoms in total. The van der Waals surface area contributed by atoms with Gasteiger partial charge < -0.3 is 10.2 Å². The van der Waals surface area contributed by atoms with E-state index in [1.165, 1.54) is 29.2 Å². The average Bonchev–Trinajstić information content (AvgIpc) is 2.51. The smallest absolute Gasteiger partial charge is 0.246 e. The van der Waals surface area contributed by atoms with Gasteiger partial charge in [0, 0.05) is 5.56 Å². The Hall–Kier alpha value is -2.69. The zero-order chi connectivity index (χ0) is 14.8. The van der Waals surface area contributed by atoms with Crippen molar-refractivity contribution in [3.8, 4) is 0 Å². The number of fused-ring (bicyclic) bond motifs is 1. The van der Waals surface area contributed by atoms with E-state index in [4.69, 9.17) is 0 Å². The van der Waals surface area contributed by atoms with Crippen molar-refractivity contribution in [1.29, 1.82) is 0 Å². The number of hydrogen-bond donors (Lipinski definition) is 1. The topological polar surface area (TPSA) is 49.4 Å². The maximum Gasteiger partial charge on any atom is 0.246 e. The number of Topliss-reactive ketones (excluding diaryl/α,β-unsaturated/α-hetero) is 1. The van der Waals surface area contributed by atoms with Gasteiger partial charge in [0.15, 0.2) is 5.78 Å². The van der Waals surface area contributed by atoms with E-state index >= 15 is 0 Å². The van der Waals surface area contributed by atoms with E-state index < -0.39 is 5.82 Å². The van der Waals surface area contributed by atoms with Gasteiger partial charge in [-0.15, -0.1) is 0 Å². The molecule has 3 rings (SSSR count). The molecule has 2 aromatic carbocycles. The number of rotatable bonds is 3. The van der Waals surface area contributed by atoms with Crippen molar-refractivity contribution in [3.63, 3.8) is 0 Å². The molecule has 0 unspecified atom stereocenters. The molecule has 106 valence electrons. The lowest BCUT2D eigenvalue weighted by atomic mass is 10.1. The van der Waals surface area contributed by atoms with Crippen LogP contribution in [0.25, 0.3) is 0 Å². The van der Waals surface area contributed by atoms with Crippen LogP contribution in [0.2, 0.25) is 0 Å². The summed E-state index contributed by atoms with van der Waals surface area (Å²) >= 11 is 0. The van der Waals surface area contributed by atoms with Crippen LogP contribution < -0.4 is 10.2 Å². The zero-order valence-electron chi connectivity index (χ0n) is 11.2. The lowest BCUT2D eigenvalue weighted by Gasteiger charge is -2.29. The highest BCUT2D eigenvalue weighted by atomic mass is 19.1. The third kappa shape index (κ3) is 2.63. The van der Waals surface area contributed by atoms with Crippen LogP contribution in [0, 0.1) is 5.82 Å². The number of benzene rings is 2. The Morgan fingerprint density at radius 1 is 1.14 bits per heavy atom. The maximum absolute atomic E-state index is 12.9. The van der Waals surface area contributed by atoms with Crippen LogP contribution >= 0.6 is 0 Å². The molecule has 5 heteroatoms. The highest BCUT2D eigenvalue weighted by Crippen LogP contribution is 2.28. The third-order valence-electron chi connectivity index (χ3n) is 3.39. The van der Waals surface area contributed by atoms with E-state index in [0.29, 0.717) is 11.3 Å². The fourth-order valence-electron chi connectivity index (χ4n) is 2.30. The van der Waals surface area contributed by atoms with Crippen LogP contribution in [0.4, 0.5) is 15.8 Å². The number of carbonyl (C=O) groups is 2. The molecule has 0 spiro atoms. The molecule has 0 bridgehead atoms. The number of ketones is 1. The summed E-state index contributed by atoms with van der Waals surface area (Å²) in [6.07, 6.45) is 0. The van der Waals surface area contributed by atoms with Crippen LogP contribution in [0.15, 0.2) is 48.5 Å².